The average Bonchev–Trinajstić information content (AvgIpc) is 2.71. The molecule has 0 unspecified atom stereocenters. The molecule has 0 saturated carbocycles. The molecule has 3 nitrogen and oxygen atoms in total. The zero-order chi connectivity index (χ0) is 12.7. The number of benzene rings is 1. The molecule has 0 N–H and O–H groups in total. The van der Waals surface area contributed by atoms with Crippen LogP contribution in [0.2, 0.25) is 0 Å². The summed E-state index contributed by atoms with van der Waals surface area (Å²) in [6.07, 6.45) is 5.98. The van der Waals surface area contributed by atoms with Crippen LogP contribution in [0.1, 0.15) is 5.56 Å². The molecule has 0 amide bonds. The summed E-state index contributed by atoms with van der Waals surface area (Å²) in [7, 11) is 4.14. The van der Waals surface area contributed by atoms with E-state index in [9.17, 15) is 0 Å². The predicted molar refractivity (Wildman–Crippen MR) is 72.1 cm³/mol. The van der Waals surface area contributed by atoms with Gasteiger partial charge in [0.05, 0.1) is 25.2 Å². The molecule has 0 aliphatic rings. The lowest BCUT2D eigenvalue weighted by Gasteiger charge is -2.06. The molecule has 2 heterocycles. The van der Waals surface area contributed by atoms with Gasteiger partial charge < -0.3 is 0 Å². The van der Waals surface area contributed by atoms with Crippen molar-refractivity contribution in [1.82, 2.24) is 9.55 Å². The maximum Gasteiger partial charge on any atom is 0.288 e. The molecule has 0 spiro atoms. The SMILES string of the molecule is Cc1c(-c2n(C)cc[n+]2C)ccc2ncccc12. The monoisotopic (exact) mass is 238 g/mol. The highest BCUT2D eigenvalue weighted by Gasteiger charge is 2.17. The molecule has 0 radical (unpaired) electrons. The van der Waals surface area contributed by atoms with Gasteiger partial charge in [-0.2, -0.15) is 0 Å². The Morgan fingerprint density at radius 1 is 1.22 bits per heavy atom. The Morgan fingerprint density at radius 3 is 2.78 bits per heavy atom. The Labute approximate surface area is 106 Å². The second-order valence-electron chi connectivity index (χ2n) is 4.65. The summed E-state index contributed by atoms with van der Waals surface area (Å²) in [6, 6.07) is 8.36. The standard InChI is InChI=1S/C15H16N3/c1-11-12-5-4-8-16-14(12)7-6-13(11)15-17(2)9-10-18(15)3/h4-10H,1-3H3/q+1. The lowest BCUT2D eigenvalue weighted by Crippen LogP contribution is -2.29. The predicted octanol–water partition coefficient (Wildman–Crippen LogP) is 2.37. The second-order valence-corrected chi connectivity index (χ2v) is 4.65. The van der Waals surface area contributed by atoms with Crippen LogP contribution in [0.15, 0.2) is 42.9 Å². The van der Waals surface area contributed by atoms with Crippen LogP contribution in [0, 0.1) is 6.92 Å². The number of pyridine rings is 1. The third-order valence-electron chi connectivity index (χ3n) is 3.48. The van der Waals surface area contributed by atoms with E-state index in [1.807, 2.05) is 12.3 Å². The van der Waals surface area contributed by atoms with Crippen LogP contribution in [0.25, 0.3) is 22.3 Å². The zero-order valence-corrected chi connectivity index (χ0v) is 10.9. The van der Waals surface area contributed by atoms with E-state index in [0.717, 1.165) is 5.52 Å². The van der Waals surface area contributed by atoms with Gasteiger partial charge in [0.25, 0.3) is 5.82 Å². The van der Waals surface area contributed by atoms with Crippen molar-refractivity contribution in [3.05, 3.63) is 48.4 Å². The van der Waals surface area contributed by atoms with Gasteiger partial charge in [0.1, 0.15) is 12.4 Å². The molecule has 0 saturated heterocycles. The van der Waals surface area contributed by atoms with Crippen LogP contribution in [0.5, 0.6) is 0 Å². The Balaban J connectivity index is 2.34. The van der Waals surface area contributed by atoms with Crippen molar-refractivity contribution >= 4 is 10.9 Å². The summed E-state index contributed by atoms with van der Waals surface area (Å²) in [5.74, 6) is 1.21. The molecule has 3 rings (SSSR count). The smallest absolute Gasteiger partial charge is 0.256 e. The molecule has 1 aromatic carbocycles. The number of hydrogen-bond donors (Lipinski definition) is 0. The van der Waals surface area contributed by atoms with E-state index in [1.54, 1.807) is 0 Å². The maximum absolute atomic E-state index is 4.40. The summed E-state index contributed by atoms with van der Waals surface area (Å²) in [5, 5.41) is 1.22. The molecule has 0 atom stereocenters. The van der Waals surface area contributed by atoms with E-state index in [2.05, 4.69) is 65.7 Å². The van der Waals surface area contributed by atoms with Gasteiger partial charge in [0, 0.05) is 11.6 Å². The minimum atomic E-state index is 1.05. The van der Waals surface area contributed by atoms with E-state index in [1.165, 1.54) is 22.3 Å². The van der Waals surface area contributed by atoms with Crippen molar-refractivity contribution in [2.75, 3.05) is 0 Å². The third-order valence-corrected chi connectivity index (χ3v) is 3.48. The summed E-state index contributed by atoms with van der Waals surface area (Å²) in [6.45, 7) is 2.16. The topological polar surface area (TPSA) is 21.7 Å². The molecule has 0 fully saturated rings. The van der Waals surface area contributed by atoms with Crippen LogP contribution in [0.4, 0.5) is 0 Å². The molecule has 2 aromatic heterocycles. The minimum Gasteiger partial charge on any atom is -0.256 e. The lowest BCUT2D eigenvalue weighted by atomic mass is 10.0. The van der Waals surface area contributed by atoms with E-state index in [0.29, 0.717) is 0 Å². The number of imidazole rings is 1. The van der Waals surface area contributed by atoms with Crippen LogP contribution in [0.3, 0.4) is 0 Å². The van der Waals surface area contributed by atoms with Crippen molar-refractivity contribution < 1.29 is 4.57 Å². The highest BCUT2D eigenvalue weighted by Crippen LogP contribution is 2.26. The molecule has 18 heavy (non-hydrogen) atoms. The van der Waals surface area contributed by atoms with E-state index in [-0.39, 0.29) is 0 Å². The van der Waals surface area contributed by atoms with Gasteiger partial charge in [-0.15, -0.1) is 0 Å². The third kappa shape index (κ3) is 1.51. The first-order chi connectivity index (χ1) is 8.68. The average molecular weight is 238 g/mol. The molecule has 0 aliphatic carbocycles. The number of hydrogen-bond acceptors (Lipinski definition) is 1. The maximum atomic E-state index is 4.40. The van der Waals surface area contributed by atoms with Gasteiger partial charge in [-0.05, 0) is 30.7 Å². The fraction of sp³-hybridized carbons (Fsp3) is 0.200. The van der Waals surface area contributed by atoms with Crippen LogP contribution >= 0.6 is 0 Å². The van der Waals surface area contributed by atoms with Crippen molar-refractivity contribution in [2.45, 2.75) is 6.92 Å². The van der Waals surface area contributed by atoms with E-state index < -0.39 is 0 Å². The van der Waals surface area contributed by atoms with Gasteiger partial charge in [0.15, 0.2) is 0 Å². The first-order valence-electron chi connectivity index (χ1n) is 6.04. The van der Waals surface area contributed by atoms with Gasteiger partial charge in [-0.25, -0.2) is 9.13 Å². The highest BCUT2D eigenvalue weighted by atomic mass is 15.1. The van der Waals surface area contributed by atoms with Crippen molar-refractivity contribution in [3.8, 4) is 11.4 Å². The van der Waals surface area contributed by atoms with Crippen molar-refractivity contribution in [1.29, 1.82) is 0 Å². The molecular weight excluding hydrogens is 222 g/mol. The lowest BCUT2D eigenvalue weighted by molar-refractivity contribution is -0.659. The quantitative estimate of drug-likeness (QED) is 0.596. The summed E-state index contributed by atoms with van der Waals surface area (Å²) in [5.41, 5.74) is 3.58. The summed E-state index contributed by atoms with van der Waals surface area (Å²) >= 11 is 0. The van der Waals surface area contributed by atoms with Crippen LogP contribution < -0.4 is 4.57 Å². The fourth-order valence-electron chi connectivity index (χ4n) is 2.51. The van der Waals surface area contributed by atoms with Gasteiger partial charge in [-0.1, -0.05) is 6.07 Å². The molecule has 3 heteroatoms. The van der Waals surface area contributed by atoms with Crippen LogP contribution in [-0.4, -0.2) is 9.55 Å². The zero-order valence-electron chi connectivity index (χ0n) is 10.9. The molecule has 0 aliphatic heterocycles. The minimum absolute atomic E-state index is 1.05. The molecule has 90 valence electrons. The van der Waals surface area contributed by atoms with E-state index in [4.69, 9.17) is 0 Å². The molecular formula is C15H16N3+. The second kappa shape index (κ2) is 3.95. The number of aryl methyl sites for hydroxylation is 3. The fourth-order valence-corrected chi connectivity index (χ4v) is 2.51. The van der Waals surface area contributed by atoms with Gasteiger partial charge in [-0.3, -0.25) is 4.98 Å². The number of nitrogens with zero attached hydrogens (tertiary/aromatic N) is 3. The van der Waals surface area contributed by atoms with Crippen LogP contribution in [-0.2, 0) is 14.1 Å². The van der Waals surface area contributed by atoms with E-state index >= 15 is 0 Å². The summed E-state index contributed by atoms with van der Waals surface area (Å²) in [4.78, 5) is 4.40. The summed E-state index contributed by atoms with van der Waals surface area (Å²) < 4.78 is 4.29. The molecule has 3 aromatic rings. The molecule has 0 bridgehead atoms. The first kappa shape index (κ1) is 11.0. The number of aromatic nitrogens is 3. The normalized spacial score (nSPS) is 11.1. The largest absolute Gasteiger partial charge is 0.288 e. The van der Waals surface area contributed by atoms with Gasteiger partial charge >= 0.3 is 0 Å². The Morgan fingerprint density at radius 2 is 2.06 bits per heavy atom. The number of fused-ring (bicyclic) bond motifs is 1. The Bertz CT molecular complexity index is 706. The highest BCUT2D eigenvalue weighted by molar-refractivity contribution is 5.87. The van der Waals surface area contributed by atoms with Crippen molar-refractivity contribution in [3.63, 3.8) is 0 Å². The van der Waals surface area contributed by atoms with Gasteiger partial charge in [0.2, 0.25) is 0 Å². The first-order valence-corrected chi connectivity index (χ1v) is 6.04. The van der Waals surface area contributed by atoms with Crippen molar-refractivity contribution in [2.24, 2.45) is 14.1 Å². The Kier molecular flexibility index (Phi) is 2.40. The Hall–Kier alpha value is -2.16. The number of rotatable bonds is 1.